The topological polar surface area (TPSA) is 50.8 Å². The first kappa shape index (κ1) is 23.8. The summed E-state index contributed by atoms with van der Waals surface area (Å²) in [6.07, 6.45) is 1.82. The summed E-state index contributed by atoms with van der Waals surface area (Å²) in [5.41, 5.74) is 4.48. The molecule has 5 nitrogen and oxygen atoms in total. The number of hydrogen-bond donors (Lipinski definition) is 1. The molecule has 4 aromatic rings. The van der Waals surface area contributed by atoms with Crippen LogP contribution in [0.4, 0.5) is 5.69 Å². The van der Waals surface area contributed by atoms with E-state index in [0.29, 0.717) is 12.2 Å². The van der Waals surface area contributed by atoms with E-state index in [2.05, 4.69) is 16.8 Å². The van der Waals surface area contributed by atoms with E-state index < -0.39 is 0 Å². The van der Waals surface area contributed by atoms with Gasteiger partial charge in [0.15, 0.2) is 0 Å². The van der Waals surface area contributed by atoms with Crippen molar-refractivity contribution in [1.29, 1.82) is 0 Å². The molecule has 1 aliphatic rings. The van der Waals surface area contributed by atoms with E-state index in [1.165, 1.54) is 0 Å². The number of nitrogens with one attached hydrogen (secondary N) is 1. The molecule has 1 saturated heterocycles. The maximum absolute atomic E-state index is 13.2. The molecule has 36 heavy (non-hydrogen) atoms. The van der Waals surface area contributed by atoms with Crippen molar-refractivity contribution < 1.29 is 14.3 Å². The Morgan fingerprint density at radius 2 is 1.69 bits per heavy atom. The molecule has 182 valence electrons. The van der Waals surface area contributed by atoms with Gasteiger partial charge in [-0.15, -0.1) is 0 Å². The summed E-state index contributed by atoms with van der Waals surface area (Å²) in [5, 5.41) is 5.03. The Morgan fingerprint density at radius 1 is 0.917 bits per heavy atom. The minimum Gasteiger partial charge on any atom is -0.492 e. The minimum atomic E-state index is -0.147. The second-order valence-corrected chi connectivity index (χ2v) is 8.82. The normalized spacial score (nSPS) is 13.9. The second kappa shape index (κ2) is 11.2. The van der Waals surface area contributed by atoms with Crippen LogP contribution in [-0.2, 0) is 4.74 Å². The van der Waals surface area contributed by atoms with Gasteiger partial charge in [-0.1, -0.05) is 73.3 Å². The average Bonchev–Trinajstić information content (AvgIpc) is 2.95. The number of nitrogens with zero attached hydrogens (tertiary/aromatic N) is 1. The third-order valence-corrected chi connectivity index (χ3v) is 6.51. The number of rotatable bonds is 8. The van der Waals surface area contributed by atoms with Crippen molar-refractivity contribution in [3.63, 3.8) is 0 Å². The molecule has 4 aromatic carbocycles. The lowest BCUT2D eigenvalue weighted by atomic mass is 10.0. The van der Waals surface area contributed by atoms with Gasteiger partial charge in [0.05, 0.1) is 13.2 Å². The third kappa shape index (κ3) is 5.48. The number of morpholine rings is 1. The van der Waals surface area contributed by atoms with Crippen LogP contribution in [0.2, 0.25) is 0 Å². The lowest BCUT2D eigenvalue weighted by molar-refractivity contribution is 0.0323. The van der Waals surface area contributed by atoms with Gasteiger partial charge in [-0.3, -0.25) is 9.69 Å². The predicted molar refractivity (Wildman–Crippen MR) is 147 cm³/mol. The smallest absolute Gasteiger partial charge is 0.255 e. The van der Waals surface area contributed by atoms with E-state index in [9.17, 15) is 4.79 Å². The number of carbonyl (C=O) groups excluding carboxylic acids is 1. The largest absolute Gasteiger partial charge is 0.492 e. The summed E-state index contributed by atoms with van der Waals surface area (Å²) in [5.74, 6) is 0.674. The molecule has 1 amide bonds. The molecule has 0 aromatic heterocycles. The minimum absolute atomic E-state index is 0.147. The number of amides is 1. The van der Waals surface area contributed by atoms with Crippen molar-refractivity contribution in [3.05, 3.63) is 103 Å². The molecule has 1 N–H and O–H groups in total. The fourth-order valence-electron chi connectivity index (χ4n) is 4.46. The molecule has 1 heterocycles. The summed E-state index contributed by atoms with van der Waals surface area (Å²) >= 11 is 0. The number of fused-ring (bicyclic) bond motifs is 1. The van der Waals surface area contributed by atoms with Crippen molar-refractivity contribution in [2.45, 2.75) is 0 Å². The zero-order chi connectivity index (χ0) is 24.7. The molecule has 0 spiro atoms. The zero-order valence-corrected chi connectivity index (χ0v) is 20.3. The van der Waals surface area contributed by atoms with Crippen molar-refractivity contribution in [3.8, 4) is 16.9 Å². The highest BCUT2D eigenvalue weighted by atomic mass is 16.5. The molecule has 0 aliphatic carbocycles. The maximum Gasteiger partial charge on any atom is 0.255 e. The number of benzene rings is 4. The van der Waals surface area contributed by atoms with Crippen LogP contribution < -0.4 is 10.1 Å². The lowest BCUT2D eigenvalue weighted by Crippen LogP contribution is -2.38. The number of anilines is 1. The van der Waals surface area contributed by atoms with E-state index in [-0.39, 0.29) is 5.91 Å². The molecule has 0 unspecified atom stereocenters. The second-order valence-electron chi connectivity index (χ2n) is 8.82. The Morgan fingerprint density at radius 3 is 2.47 bits per heavy atom. The molecule has 0 bridgehead atoms. The predicted octanol–water partition coefficient (Wildman–Crippen LogP) is 6.11. The standard InChI is InChI=1S/C31H30N2O3/c1-2-23-10-12-24(13-11-23)25-6-5-7-26(22-25)31(34)32-29-14-15-30(28-9-4-3-8-27(28)29)36-21-18-33-16-19-35-20-17-33/h2-15,22H,1,16-21H2,(H,32,34). The van der Waals surface area contributed by atoms with E-state index >= 15 is 0 Å². The van der Waals surface area contributed by atoms with Gasteiger partial charge >= 0.3 is 0 Å². The highest BCUT2D eigenvalue weighted by Crippen LogP contribution is 2.32. The molecular formula is C31H30N2O3. The Bertz CT molecular complexity index is 1360. The van der Waals surface area contributed by atoms with Crippen LogP contribution in [-0.4, -0.2) is 50.3 Å². The summed E-state index contributed by atoms with van der Waals surface area (Å²) in [7, 11) is 0. The monoisotopic (exact) mass is 478 g/mol. The first-order chi connectivity index (χ1) is 17.7. The van der Waals surface area contributed by atoms with E-state index in [4.69, 9.17) is 9.47 Å². The van der Waals surface area contributed by atoms with Crippen LogP contribution in [0.25, 0.3) is 28.0 Å². The SMILES string of the molecule is C=Cc1ccc(-c2cccc(C(=O)Nc3ccc(OCCN4CCOCC4)c4ccccc34)c2)cc1. The van der Waals surface area contributed by atoms with E-state index in [1.54, 1.807) is 0 Å². The zero-order valence-electron chi connectivity index (χ0n) is 20.3. The summed E-state index contributed by atoms with van der Waals surface area (Å²) in [4.78, 5) is 15.6. The molecule has 1 aliphatic heterocycles. The van der Waals surface area contributed by atoms with Crippen LogP contribution in [0.5, 0.6) is 5.75 Å². The first-order valence-electron chi connectivity index (χ1n) is 12.3. The van der Waals surface area contributed by atoms with Gasteiger partial charge in [0.2, 0.25) is 0 Å². The van der Waals surface area contributed by atoms with Crippen molar-refractivity contribution in [1.82, 2.24) is 4.90 Å². The lowest BCUT2D eigenvalue weighted by Gasteiger charge is -2.26. The van der Waals surface area contributed by atoms with Gasteiger partial charge in [0.25, 0.3) is 5.91 Å². The Kier molecular flexibility index (Phi) is 7.41. The van der Waals surface area contributed by atoms with Crippen LogP contribution in [0, 0.1) is 0 Å². The summed E-state index contributed by atoms with van der Waals surface area (Å²) in [6, 6.07) is 27.7. The fourth-order valence-corrected chi connectivity index (χ4v) is 4.46. The van der Waals surface area contributed by atoms with Crippen LogP contribution >= 0.6 is 0 Å². The van der Waals surface area contributed by atoms with Gasteiger partial charge in [0.1, 0.15) is 12.4 Å². The Labute approximate surface area is 212 Å². The van der Waals surface area contributed by atoms with Crippen molar-refractivity contribution in [2.24, 2.45) is 0 Å². The van der Waals surface area contributed by atoms with Gasteiger partial charge in [-0.05, 0) is 41.0 Å². The van der Waals surface area contributed by atoms with Gasteiger partial charge < -0.3 is 14.8 Å². The quantitative estimate of drug-likeness (QED) is 0.332. The summed E-state index contributed by atoms with van der Waals surface area (Å²) in [6.45, 7) is 8.72. The van der Waals surface area contributed by atoms with Gasteiger partial charge in [-0.2, -0.15) is 0 Å². The molecule has 0 radical (unpaired) electrons. The highest BCUT2D eigenvalue weighted by molar-refractivity contribution is 6.10. The number of carbonyl (C=O) groups is 1. The molecule has 1 fully saturated rings. The van der Waals surface area contributed by atoms with Crippen LogP contribution in [0.3, 0.4) is 0 Å². The Hall–Kier alpha value is -3.93. The molecule has 5 rings (SSSR count). The number of hydrogen-bond acceptors (Lipinski definition) is 4. The molecule has 5 heteroatoms. The number of ether oxygens (including phenoxy) is 2. The maximum atomic E-state index is 13.2. The van der Waals surface area contributed by atoms with Gasteiger partial charge in [0, 0.05) is 41.7 Å². The van der Waals surface area contributed by atoms with Crippen molar-refractivity contribution in [2.75, 3.05) is 44.8 Å². The third-order valence-electron chi connectivity index (χ3n) is 6.51. The van der Waals surface area contributed by atoms with Crippen molar-refractivity contribution >= 4 is 28.4 Å². The molecular weight excluding hydrogens is 448 g/mol. The summed E-state index contributed by atoms with van der Waals surface area (Å²) < 4.78 is 11.6. The van der Waals surface area contributed by atoms with E-state index in [1.807, 2.05) is 91.0 Å². The molecule has 0 saturated carbocycles. The first-order valence-corrected chi connectivity index (χ1v) is 12.3. The van der Waals surface area contributed by atoms with Gasteiger partial charge in [-0.25, -0.2) is 0 Å². The van der Waals surface area contributed by atoms with Crippen LogP contribution in [0.1, 0.15) is 15.9 Å². The van der Waals surface area contributed by atoms with E-state index in [0.717, 1.165) is 71.7 Å². The fraction of sp³-hybridized carbons (Fsp3) is 0.194. The average molecular weight is 479 g/mol. The van der Waals surface area contributed by atoms with Crippen LogP contribution in [0.15, 0.2) is 91.5 Å². The Balaban J connectivity index is 1.32. The highest BCUT2D eigenvalue weighted by Gasteiger charge is 2.13. The molecule has 0 atom stereocenters.